The molecule has 2 N–H and O–H groups in total. The first-order chi connectivity index (χ1) is 8.52. The first-order valence-corrected chi connectivity index (χ1v) is 7.65. The summed E-state index contributed by atoms with van der Waals surface area (Å²) in [6.45, 7) is 0. The number of hydrogen-bond acceptors (Lipinski definition) is 5. The minimum atomic E-state index is -2.83. The number of aromatic nitrogens is 3. The summed E-state index contributed by atoms with van der Waals surface area (Å²) in [7, 11) is -2.83. The molecule has 96 valence electrons. The molecule has 3 rings (SSSR count). The average molecular weight is 266 g/mol. The predicted molar refractivity (Wildman–Crippen MR) is 67.9 cm³/mol. The lowest BCUT2D eigenvalue weighted by Gasteiger charge is -2.01. The van der Waals surface area contributed by atoms with Crippen molar-refractivity contribution in [3.63, 3.8) is 0 Å². The van der Waals surface area contributed by atoms with Gasteiger partial charge < -0.3 is 5.73 Å². The lowest BCUT2D eigenvalue weighted by atomic mass is 10.1. The monoisotopic (exact) mass is 266 g/mol. The van der Waals surface area contributed by atoms with E-state index < -0.39 is 9.84 Å². The van der Waals surface area contributed by atoms with E-state index in [1.807, 2.05) is 0 Å². The Kier molecular flexibility index (Phi) is 2.51. The second kappa shape index (κ2) is 3.94. The van der Waals surface area contributed by atoms with E-state index >= 15 is 0 Å². The number of fused-ring (bicyclic) bond motifs is 1. The maximum atomic E-state index is 11.4. The Morgan fingerprint density at radius 3 is 3.00 bits per heavy atom. The zero-order valence-corrected chi connectivity index (χ0v) is 10.6. The van der Waals surface area contributed by atoms with Gasteiger partial charge in [0.1, 0.15) is 0 Å². The Morgan fingerprint density at radius 2 is 2.28 bits per heavy atom. The molecule has 0 saturated carbocycles. The summed E-state index contributed by atoms with van der Waals surface area (Å²) in [5.74, 6) is 1.37. The molecule has 1 atom stereocenters. The fourth-order valence-electron chi connectivity index (χ4n) is 2.32. The molecule has 1 aliphatic heterocycles. The quantitative estimate of drug-likeness (QED) is 0.843. The standard InChI is InChI=1S/C11H14N4O2S/c12-9-1-2-11-13-10(14-15(11)6-9)5-8-3-4-18(16,17)7-8/h1-2,6,8H,3-5,7,12H2. The Labute approximate surface area is 105 Å². The summed E-state index contributed by atoms with van der Waals surface area (Å²) >= 11 is 0. The van der Waals surface area contributed by atoms with Crippen molar-refractivity contribution >= 4 is 21.2 Å². The van der Waals surface area contributed by atoms with Gasteiger partial charge in [0.2, 0.25) is 0 Å². The van der Waals surface area contributed by atoms with E-state index in [1.54, 1.807) is 22.8 Å². The van der Waals surface area contributed by atoms with E-state index in [-0.39, 0.29) is 17.4 Å². The van der Waals surface area contributed by atoms with Crippen LogP contribution in [0, 0.1) is 5.92 Å². The van der Waals surface area contributed by atoms with Gasteiger partial charge >= 0.3 is 0 Å². The Hall–Kier alpha value is -1.63. The molecule has 1 fully saturated rings. The Morgan fingerprint density at radius 1 is 1.44 bits per heavy atom. The molecule has 1 unspecified atom stereocenters. The van der Waals surface area contributed by atoms with Gasteiger partial charge in [-0.3, -0.25) is 0 Å². The first-order valence-electron chi connectivity index (χ1n) is 5.83. The summed E-state index contributed by atoms with van der Waals surface area (Å²) in [5, 5.41) is 4.32. The molecule has 3 heterocycles. The van der Waals surface area contributed by atoms with Crippen molar-refractivity contribution in [3.8, 4) is 0 Å². The summed E-state index contributed by atoms with van der Waals surface area (Å²) in [4.78, 5) is 4.37. The van der Waals surface area contributed by atoms with E-state index in [9.17, 15) is 8.42 Å². The van der Waals surface area contributed by atoms with Crippen LogP contribution in [0.5, 0.6) is 0 Å². The van der Waals surface area contributed by atoms with E-state index in [1.165, 1.54) is 0 Å². The van der Waals surface area contributed by atoms with Crippen molar-refractivity contribution in [1.29, 1.82) is 0 Å². The zero-order valence-electron chi connectivity index (χ0n) is 9.78. The predicted octanol–water partition coefficient (Wildman–Crippen LogP) is 0.289. The topological polar surface area (TPSA) is 90.3 Å². The lowest BCUT2D eigenvalue weighted by Crippen LogP contribution is -2.08. The molecule has 7 heteroatoms. The minimum Gasteiger partial charge on any atom is -0.397 e. The molecule has 0 spiro atoms. The van der Waals surface area contributed by atoms with Gasteiger partial charge in [0.05, 0.1) is 23.4 Å². The molecule has 0 radical (unpaired) electrons. The van der Waals surface area contributed by atoms with Crippen molar-refractivity contribution in [2.75, 3.05) is 17.2 Å². The number of pyridine rings is 1. The molecule has 0 bridgehead atoms. The SMILES string of the molecule is Nc1ccc2nc(CC3CCS(=O)(=O)C3)nn2c1. The minimum absolute atomic E-state index is 0.143. The van der Waals surface area contributed by atoms with Gasteiger partial charge in [-0.15, -0.1) is 0 Å². The van der Waals surface area contributed by atoms with Crippen LogP contribution in [0.3, 0.4) is 0 Å². The summed E-state index contributed by atoms with van der Waals surface area (Å²) < 4.78 is 24.4. The second-order valence-corrected chi connectivity index (χ2v) is 7.00. The molecule has 0 aromatic carbocycles. The van der Waals surface area contributed by atoms with Crippen molar-refractivity contribution in [2.45, 2.75) is 12.8 Å². The van der Waals surface area contributed by atoms with Gasteiger partial charge in [0, 0.05) is 6.42 Å². The highest BCUT2D eigenvalue weighted by Gasteiger charge is 2.28. The van der Waals surface area contributed by atoms with Gasteiger partial charge in [0.15, 0.2) is 21.3 Å². The third kappa shape index (κ3) is 2.17. The van der Waals surface area contributed by atoms with E-state index in [0.717, 1.165) is 5.65 Å². The molecular formula is C11H14N4O2S. The maximum absolute atomic E-state index is 11.4. The zero-order chi connectivity index (χ0) is 12.8. The number of rotatable bonds is 2. The molecular weight excluding hydrogens is 252 g/mol. The normalized spacial score (nSPS) is 22.6. The fourth-order valence-corrected chi connectivity index (χ4v) is 4.18. The number of nitrogen functional groups attached to an aromatic ring is 1. The third-order valence-corrected chi connectivity index (χ3v) is 5.03. The smallest absolute Gasteiger partial charge is 0.155 e. The number of hydrogen-bond donors (Lipinski definition) is 1. The molecule has 0 aliphatic carbocycles. The third-order valence-electron chi connectivity index (χ3n) is 3.20. The molecule has 18 heavy (non-hydrogen) atoms. The van der Waals surface area contributed by atoms with Crippen molar-refractivity contribution < 1.29 is 8.42 Å². The largest absolute Gasteiger partial charge is 0.397 e. The van der Waals surface area contributed by atoms with Crippen LogP contribution in [-0.2, 0) is 16.3 Å². The van der Waals surface area contributed by atoms with E-state index in [0.29, 0.717) is 24.4 Å². The van der Waals surface area contributed by atoms with Gasteiger partial charge in [-0.05, 0) is 24.5 Å². The Balaban J connectivity index is 1.83. The summed E-state index contributed by atoms with van der Waals surface area (Å²) in [6, 6.07) is 3.57. The Bertz CT molecular complexity index is 692. The van der Waals surface area contributed by atoms with Crippen LogP contribution >= 0.6 is 0 Å². The molecule has 2 aromatic rings. The van der Waals surface area contributed by atoms with Crippen molar-refractivity contribution in [2.24, 2.45) is 5.92 Å². The highest BCUT2D eigenvalue weighted by atomic mass is 32.2. The van der Waals surface area contributed by atoms with Gasteiger partial charge in [0.25, 0.3) is 0 Å². The molecule has 2 aromatic heterocycles. The lowest BCUT2D eigenvalue weighted by molar-refractivity contribution is 0.569. The van der Waals surface area contributed by atoms with Gasteiger partial charge in [-0.2, -0.15) is 5.10 Å². The summed E-state index contributed by atoms with van der Waals surface area (Å²) in [5.41, 5.74) is 7.03. The number of anilines is 1. The van der Waals surface area contributed by atoms with Crippen LogP contribution in [0.15, 0.2) is 18.3 Å². The number of nitrogens with zero attached hydrogens (tertiary/aromatic N) is 3. The van der Waals surface area contributed by atoms with Crippen molar-refractivity contribution in [3.05, 3.63) is 24.2 Å². The van der Waals surface area contributed by atoms with Crippen molar-refractivity contribution in [1.82, 2.24) is 14.6 Å². The second-order valence-electron chi connectivity index (χ2n) is 4.77. The molecule has 1 saturated heterocycles. The molecule has 1 aliphatic rings. The highest BCUT2D eigenvalue weighted by molar-refractivity contribution is 7.91. The van der Waals surface area contributed by atoms with E-state index in [4.69, 9.17) is 5.73 Å². The number of nitrogens with two attached hydrogens (primary N) is 1. The maximum Gasteiger partial charge on any atom is 0.155 e. The van der Waals surface area contributed by atoms with Gasteiger partial charge in [-0.25, -0.2) is 17.9 Å². The average Bonchev–Trinajstić information content (AvgIpc) is 2.81. The van der Waals surface area contributed by atoms with Crippen LogP contribution < -0.4 is 5.73 Å². The number of sulfone groups is 1. The van der Waals surface area contributed by atoms with Crippen LogP contribution in [0.4, 0.5) is 5.69 Å². The molecule has 0 amide bonds. The summed E-state index contributed by atoms with van der Waals surface area (Å²) in [6.07, 6.45) is 3.03. The highest BCUT2D eigenvalue weighted by Crippen LogP contribution is 2.21. The van der Waals surface area contributed by atoms with Crippen LogP contribution in [-0.4, -0.2) is 34.5 Å². The van der Waals surface area contributed by atoms with E-state index in [2.05, 4.69) is 10.1 Å². The van der Waals surface area contributed by atoms with Crippen LogP contribution in [0.25, 0.3) is 5.65 Å². The molecule has 6 nitrogen and oxygen atoms in total. The van der Waals surface area contributed by atoms with Gasteiger partial charge in [-0.1, -0.05) is 0 Å². The van der Waals surface area contributed by atoms with Crippen LogP contribution in [0.1, 0.15) is 12.2 Å². The van der Waals surface area contributed by atoms with Crippen LogP contribution in [0.2, 0.25) is 0 Å². The fraction of sp³-hybridized carbons (Fsp3) is 0.455. The first kappa shape index (κ1) is 11.5.